The van der Waals surface area contributed by atoms with Gasteiger partial charge in [-0.3, -0.25) is 0 Å². The molecule has 1 aromatic rings. The van der Waals surface area contributed by atoms with Crippen LogP contribution in [0.1, 0.15) is 32.4 Å². The van der Waals surface area contributed by atoms with Crippen LogP contribution in [0.15, 0.2) is 6.07 Å². The number of anilines is 1. The van der Waals surface area contributed by atoms with Gasteiger partial charge in [-0.1, -0.05) is 25.4 Å². The van der Waals surface area contributed by atoms with E-state index in [0.717, 1.165) is 24.7 Å². The minimum Gasteiger partial charge on any atom is -0.341 e. The Morgan fingerprint density at radius 2 is 1.80 bits per heavy atom. The molecule has 1 fully saturated rings. The molecule has 0 N–H and O–H groups in total. The lowest BCUT2D eigenvalue weighted by Gasteiger charge is -2.15. The minimum atomic E-state index is 0.536. The van der Waals surface area contributed by atoms with Gasteiger partial charge in [0.05, 0.1) is 0 Å². The Labute approximate surface area is 96.5 Å². The molecular formula is C11H18ClN3. The Hall–Kier alpha value is -0.830. The number of hydrogen-bond acceptors (Lipinski definition) is 3. The van der Waals surface area contributed by atoms with E-state index < -0.39 is 0 Å². The molecule has 1 aromatic heterocycles. The largest absolute Gasteiger partial charge is 0.341 e. The van der Waals surface area contributed by atoms with Crippen LogP contribution in [-0.4, -0.2) is 23.1 Å². The molecule has 0 spiro atoms. The van der Waals surface area contributed by atoms with Crippen LogP contribution < -0.4 is 4.90 Å². The van der Waals surface area contributed by atoms with Gasteiger partial charge in [-0.15, -0.1) is 0 Å². The van der Waals surface area contributed by atoms with E-state index >= 15 is 0 Å². The van der Waals surface area contributed by atoms with Crippen LogP contribution in [0.3, 0.4) is 0 Å². The highest BCUT2D eigenvalue weighted by Crippen LogP contribution is 2.18. The molecular weight excluding hydrogens is 210 g/mol. The molecule has 0 radical (unpaired) electrons. The number of hydrogen-bond donors (Lipinski definition) is 0. The molecule has 0 bridgehead atoms. The summed E-state index contributed by atoms with van der Waals surface area (Å²) in [6, 6.07) is 1.78. The number of aromatic nitrogens is 2. The standard InChI is InChI=1S/C9H12ClN3.C2H6/c1-7-6-8(10)12-9(11-7)13-4-2-3-5-13;1-2/h6H,2-5H2,1H3;1-2H3. The maximum atomic E-state index is 5.85. The molecule has 2 heterocycles. The van der Waals surface area contributed by atoms with Crippen molar-refractivity contribution in [2.24, 2.45) is 0 Å². The van der Waals surface area contributed by atoms with Crippen molar-refractivity contribution in [2.45, 2.75) is 33.6 Å². The van der Waals surface area contributed by atoms with Crippen molar-refractivity contribution in [3.05, 3.63) is 16.9 Å². The summed E-state index contributed by atoms with van der Waals surface area (Å²) in [6.07, 6.45) is 2.46. The third-order valence-electron chi connectivity index (χ3n) is 2.20. The molecule has 3 nitrogen and oxygen atoms in total. The molecule has 1 saturated heterocycles. The molecule has 0 unspecified atom stereocenters. The van der Waals surface area contributed by atoms with E-state index in [1.807, 2.05) is 20.8 Å². The molecule has 0 amide bonds. The minimum absolute atomic E-state index is 0.536. The number of halogens is 1. The maximum absolute atomic E-state index is 5.85. The highest BCUT2D eigenvalue weighted by Gasteiger charge is 2.15. The van der Waals surface area contributed by atoms with E-state index in [1.165, 1.54) is 12.8 Å². The summed E-state index contributed by atoms with van der Waals surface area (Å²) in [5, 5.41) is 0.536. The summed E-state index contributed by atoms with van der Waals surface area (Å²) >= 11 is 5.85. The van der Waals surface area contributed by atoms with Gasteiger partial charge in [0.15, 0.2) is 0 Å². The summed E-state index contributed by atoms with van der Waals surface area (Å²) in [5.41, 5.74) is 0.932. The molecule has 0 aromatic carbocycles. The van der Waals surface area contributed by atoms with Crippen LogP contribution in [0.5, 0.6) is 0 Å². The second kappa shape index (κ2) is 5.91. The van der Waals surface area contributed by atoms with Gasteiger partial charge in [0.25, 0.3) is 0 Å². The zero-order valence-corrected chi connectivity index (χ0v) is 10.4. The van der Waals surface area contributed by atoms with E-state index in [1.54, 1.807) is 6.07 Å². The Balaban J connectivity index is 0.000000531. The molecule has 1 aliphatic rings. The van der Waals surface area contributed by atoms with E-state index in [0.29, 0.717) is 5.15 Å². The zero-order chi connectivity index (χ0) is 11.3. The lowest BCUT2D eigenvalue weighted by Crippen LogP contribution is -2.20. The Morgan fingerprint density at radius 3 is 2.33 bits per heavy atom. The summed E-state index contributed by atoms with van der Waals surface area (Å²) in [7, 11) is 0. The maximum Gasteiger partial charge on any atom is 0.226 e. The summed E-state index contributed by atoms with van der Waals surface area (Å²) < 4.78 is 0. The quantitative estimate of drug-likeness (QED) is 0.691. The fourth-order valence-electron chi connectivity index (χ4n) is 1.57. The van der Waals surface area contributed by atoms with Gasteiger partial charge in [-0.05, 0) is 25.8 Å². The normalized spacial score (nSPS) is 14.8. The first-order valence-electron chi connectivity index (χ1n) is 5.52. The van der Waals surface area contributed by atoms with Crippen molar-refractivity contribution in [3.63, 3.8) is 0 Å². The van der Waals surface area contributed by atoms with E-state index in [9.17, 15) is 0 Å². The first-order chi connectivity index (χ1) is 7.25. The first-order valence-corrected chi connectivity index (χ1v) is 5.89. The Bertz CT molecular complexity index is 288. The van der Waals surface area contributed by atoms with Crippen LogP contribution in [0, 0.1) is 6.92 Å². The van der Waals surface area contributed by atoms with Gasteiger partial charge < -0.3 is 4.90 Å². The lowest BCUT2D eigenvalue weighted by atomic mass is 10.4. The average Bonchev–Trinajstić information content (AvgIpc) is 2.72. The summed E-state index contributed by atoms with van der Waals surface area (Å²) in [4.78, 5) is 10.7. The number of nitrogens with zero attached hydrogens (tertiary/aromatic N) is 3. The summed E-state index contributed by atoms with van der Waals surface area (Å²) in [5.74, 6) is 0.780. The predicted octanol–water partition coefficient (Wildman–Crippen LogP) is 3.06. The predicted molar refractivity (Wildman–Crippen MR) is 64.6 cm³/mol. The van der Waals surface area contributed by atoms with Gasteiger partial charge in [0, 0.05) is 18.8 Å². The van der Waals surface area contributed by atoms with Crippen LogP contribution in [0.2, 0.25) is 5.15 Å². The van der Waals surface area contributed by atoms with Gasteiger partial charge in [0.2, 0.25) is 5.95 Å². The third-order valence-corrected chi connectivity index (χ3v) is 2.39. The van der Waals surface area contributed by atoms with Crippen molar-refractivity contribution >= 4 is 17.5 Å². The Morgan fingerprint density at radius 1 is 1.20 bits per heavy atom. The second-order valence-electron chi connectivity index (χ2n) is 3.33. The smallest absolute Gasteiger partial charge is 0.226 e. The van der Waals surface area contributed by atoms with Crippen molar-refractivity contribution in [1.82, 2.24) is 9.97 Å². The van der Waals surface area contributed by atoms with Crippen LogP contribution in [-0.2, 0) is 0 Å². The molecule has 0 aliphatic carbocycles. The van der Waals surface area contributed by atoms with Crippen molar-refractivity contribution in [3.8, 4) is 0 Å². The van der Waals surface area contributed by atoms with E-state index in [-0.39, 0.29) is 0 Å². The van der Waals surface area contributed by atoms with Crippen molar-refractivity contribution in [1.29, 1.82) is 0 Å². The molecule has 0 atom stereocenters. The van der Waals surface area contributed by atoms with E-state index in [2.05, 4.69) is 14.9 Å². The highest BCUT2D eigenvalue weighted by molar-refractivity contribution is 6.29. The highest BCUT2D eigenvalue weighted by atomic mass is 35.5. The third kappa shape index (κ3) is 3.34. The second-order valence-corrected chi connectivity index (χ2v) is 3.71. The topological polar surface area (TPSA) is 29.0 Å². The van der Waals surface area contributed by atoms with E-state index in [4.69, 9.17) is 11.6 Å². The SMILES string of the molecule is CC.Cc1cc(Cl)nc(N2CCCC2)n1. The molecule has 2 rings (SSSR count). The number of rotatable bonds is 1. The fourth-order valence-corrected chi connectivity index (χ4v) is 1.81. The van der Waals surface area contributed by atoms with Gasteiger partial charge in [0.1, 0.15) is 5.15 Å². The monoisotopic (exact) mass is 227 g/mol. The first kappa shape index (κ1) is 12.2. The zero-order valence-electron chi connectivity index (χ0n) is 9.63. The van der Waals surface area contributed by atoms with Crippen molar-refractivity contribution < 1.29 is 0 Å². The molecule has 15 heavy (non-hydrogen) atoms. The fraction of sp³-hybridized carbons (Fsp3) is 0.636. The summed E-state index contributed by atoms with van der Waals surface area (Å²) in [6.45, 7) is 8.05. The van der Waals surface area contributed by atoms with Crippen LogP contribution in [0.4, 0.5) is 5.95 Å². The Kier molecular flexibility index (Phi) is 4.82. The van der Waals surface area contributed by atoms with Gasteiger partial charge in [-0.2, -0.15) is 0 Å². The lowest BCUT2D eigenvalue weighted by molar-refractivity contribution is 0.889. The van der Waals surface area contributed by atoms with Crippen LogP contribution >= 0.6 is 11.6 Å². The molecule has 84 valence electrons. The van der Waals surface area contributed by atoms with Crippen molar-refractivity contribution in [2.75, 3.05) is 18.0 Å². The average molecular weight is 228 g/mol. The molecule has 1 aliphatic heterocycles. The number of aryl methyl sites for hydroxylation is 1. The molecule has 0 saturated carbocycles. The van der Waals surface area contributed by atoms with Crippen LogP contribution in [0.25, 0.3) is 0 Å². The van der Waals surface area contributed by atoms with Gasteiger partial charge >= 0.3 is 0 Å². The molecule has 4 heteroatoms. The van der Waals surface area contributed by atoms with Gasteiger partial charge in [-0.25, -0.2) is 9.97 Å².